The van der Waals surface area contributed by atoms with Gasteiger partial charge in [0, 0.05) is 6.07 Å². The van der Waals surface area contributed by atoms with Gasteiger partial charge in [0.15, 0.2) is 0 Å². The molecule has 1 aliphatic carbocycles. The summed E-state index contributed by atoms with van der Waals surface area (Å²) in [5.74, 6) is 1.78. The molecule has 0 saturated heterocycles. The topological polar surface area (TPSA) is 44.8 Å². The molecule has 2 rings (SSSR count). The van der Waals surface area contributed by atoms with Crippen molar-refractivity contribution in [3.63, 3.8) is 0 Å². The molecule has 1 fully saturated rings. The Bertz CT molecular complexity index is 506. The van der Waals surface area contributed by atoms with E-state index in [1.165, 1.54) is 65.6 Å². The number of ether oxygens (including phenoxy) is 3. The van der Waals surface area contributed by atoms with Crippen LogP contribution in [-0.4, -0.2) is 26.8 Å². The minimum Gasteiger partial charge on any atom is -0.496 e. The zero-order chi connectivity index (χ0) is 17.2. The van der Waals surface area contributed by atoms with Crippen LogP contribution in [0.1, 0.15) is 68.1 Å². The van der Waals surface area contributed by atoms with Crippen molar-refractivity contribution in [3.05, 3.63) is 23.8 Å². The lowest BCUT2D eigenvalue weighted by atomic mass is 9.86. The fourth-order valence-electron chi connectivity index (χ4n) is 3.42. The lowest BCUT2D eigenvalue weighted by Gasteiger charge is -2.21. The minimum atomic E-state index is -0.402. The van der Waals surface area contributed by atoms with Crippen molar-refractivity contribution in [2.45, 2.75) is 57.8 Å². The largest absolute Gasteiger partial charge is 0.496 e. The molecule has 1 saturated carbocycles. The van der Waals surface area contributed by atoms with Crippen LogP contribution in [0, 0.1) is 5.92 Å². The van der Waals surface area contributed by atoms with E-state index in [1.54, 1.807) is 18.2 Å². The lowest BCUT2D eigenvalue weighted by molar-refractivity contribution is 0.0597. The molecule has 0 bridgehead atoms. The van der Waals surface area contributed by atoms with Crippen molar-refractivity contribution < 1.29 is 19.0 Å². The molecule has 0 aliphatic heterocycles. The number of rotatable bonds is 9. The maximum Gasteiger partial charge on any atom is 0.341 e. The molecule has 0 radical (unpaired) electrons. The van der Waals surface area contributed by atoms with Gasteiger partial charge < -0.3 is 14.2 Å². The van der Waals surface area contributed by atoms with E-state index >= 15 is 0 Å². The monoisotopic (exact) mass is 334 g/mol. The first-order valence-corrected chi connectivity index (χ1v) is 9.13. The van der Waals surface area contributed by atoms with Gasteiger partial charge in [0.1, 0.15) is 17.1 Å². The first-order valence-electron chi connectivity index (χ1n) is 9.13. The first-order chi connectivity index (χ1) is 11.7. The predicted molar refractivity (Wildman–Crippen MR) is 94.9 cm³/mol. The summed E-state index contributed by atoms with van der Waals surface area (Å²) in [5.41, 5.74) is 0.417. The molecular weight excluding hydrogens is 304 g/mol. The van der Waals surface area contributed by atoms with Gasteiger partial charge >= 0.3 is 5.97 Å². The Morgan fingerprint density at radius 1 is 1.08 bits per heavy atom. The summed E-state index contributed by atoms with van der Waals surface area (Å²) in [6.45, 7) is 0.700. The van der Waals surface area contributed by atoms with Crippen molar-refractivity contribution >= 4 is 5.97 Å². The van der Waals surface area contributed by atoms with Gasteiger partial charge in [-0.05, 0) is 24.5 Å². The van der Waals surface area contributed by atoms with E-state index in [0.29, 0.717) is 17.9 Å². The standard InChI is InChI=1S/C20H30O4/c1-22-19-15-17(12-13-18(19)20(21)23-2)24-14-8-4-7-11-16-9-5-3-6-10-16/h12-13,15-16H,3-11,14H2,1-2H3. The van der Waals surface area contributed by atoms with Crippen LogP contribution in [0.2, 0.25) is 0 Å². The smallest absolute Gasteiger partial charge is 0.341 e. The van der Waals surface area contributed by atoms with Crippen LogP contribution in [0.15, 0.2) is 18.2 Å². The molecule has 24 heavy (non-hydrogen) atoms. The van der Waals surface area contributed by atoms with Gasteiger partial charge in [-0.2, -0.15) is 0 Å². The van der Waals surface area contributed by atoms with Crippen LogP contribution in [-0.2, 0) is 4.74 Å². The quantitative estimate of drug-likeness (QED) is 0.471. The predicted octanol–water partition coefficient (Wildman–Crippen LogP) is 5.00. The summed E-state index contributed by atoms with van der Waals surface area (Å²) in [6.07, 6.45) is 12.1. The van der Waals surface area contributed by atoms with E-state index in [0.717, 1.165) is 18.1 Å². The van der Waals surface area contributed by atoms with Crippen LogP contribution >= 0.6 is 0 Å². The molecule has 0 atom stereocenters. The van der Waals surface area contributed by atoms with Crippen LogP contribution < -0.4 is 9.47 Å². The summed E-state index contributed by atoms with van der Waals surface area (Å²) >= 11 is 0. The summed E-state index contributed by atoms with van der Waals surface area (Å²) in [6, 6.07) is 5.22. The second kappa shape index (κ2) is 10.2. The Morgan fingerprint density at radius 3 is 2.58 bits per heavy atom. The van der Waals surface area contributed by atoms with Crippen molar-refractivity contribution in [3.8, 4) is 11.5 Å². The molecule has 0 heterocycles. The molecule has 0 spiro atoms. The van der Waals surface area contributed by atoms with Gasteiger partial charge in [-0.25, -0.2) is 4.79 Å². The van der Waals surface area contributed by atoms with Crippen molar-refractivity contribution in [1.82, 2.24) is 0 Å². The normalized spacial score (nSPS) is 15.1. The number of benzene rings is 1. The van der Waals surface area contributed by atoms with E-state index in [1.807, 2.05) is 0 Å². The van der Waals surface area contributed by atoms with E-state index in [-0.39, 0.29) is 0 Å². The Morgan fingerprint density at radius 2 is 1.88 bits per heavy atom. The minimum absolute atomic E-state index is 0.402. The third-order valence-corrected chi connectivity index (χ3v) is 4.83. The van der Waals surface area contributed by atoms with Gasteiger partial charge in [0.2, 0.25) is 0 Å². The number of hydrogen-bond donors (Lipinski definition) is 0. The molecule has 1 aromatic carbocycles. The number of hydrogen-bond acceptors (Lipinski definition) is 4. The first kappa shape index (κ1) is 18.6. The highest BCUT2D eigenvalue weighted by molar-refractivity contribution is 5.92. The highest BCUT2D eigenvalue weighted by Crippen LogP contribution is 2.28. The fraction of sp³-hybridized carbons (Fsp3) is 0.650. The third kappa shape index (κ3) is 5.73. The average Bonchev–Trinajstić information content (AvgIpc) is 2.64. The Balaban J connectivity index is 1.67. The number of esters is 1. The number of carbonyl (C=O) groups is 1. The highest BCUT2D eigenvalue weighted by Gasteiger charge is 2.14. The second-order valence-electron chi connectivity index (χ2n) is 6.56. The maximum absolute atomic E-state index is 11.6. The van der Waals surface area contributed by atoms with Gasteiger partial charge in [0.05, 0.1) is 20.8 Å². The molecule has 1 aromatic rings. The van der Waals surface area contributed by atoms with Gasteiger partial charge in [-0.3, -0.25) is 0 Å². The summed E-state index contributed by atoms with van der Waals surface area (Å²) in [5, 5.41) is 0. The van der Waals surface area contributed by atoms with Gasteiger partial charge in [-0.15, -0.1) is 0 Å². The molecule has 0 aromatic heterocycles. The van der Waals surface area contributed by atoms with E-state index in [2.05, 4.69) is 0 Å². The van der Waals surface area contributed by atoms with E-state index in [4.69, 9.17) is 14.2 Å². The lowest BCUT2D eigenvalue weighted by Crippen LogP contribution is -2.06. The summed E-state index contributed by atoms with van der Waals surface area (Å²) in [4.78, 5) is 11.6. The Hall–Kier alpha value is -1.71. The second-order valence-corrected chi connectivity index (χ2v) is 6.56. The highest BCUT2D eigenvalue weighted by atomic mass is 16.5. The van der Waals surface area contributed by atoms with Gasteiger partial charge in [-0.1, -0.05) is 51.4 Å². The van der Waals surface area contributed by atoms with Crippen LogP contribution in [0.4, 0.5) is 0 Å². The van der Waals surface area contributed by atoms with Crippen LogP contribution in [0.5, 0.6) is 11.5 Å². The maximum atomic E-state index is 11.6. The molecule has 134 valence electrons. The Labute approximate surface area is 145 Å². The SMILES string of the molecule is COC(=O)c1ccc(OCCCCCC2CCCCC2)cc1OC. The van der Waals surface area contributed by atoms with E-state index < -0.39 is 5.97 Å². The molecule has 0 N–H and O–H groups in total. The van der Waals surface area contributed by atoms with Crippen molar-refractivity contribution in [2.24, 2.45) is 5.92 Å². The number of unbranched alkanes of at least 4 members (excludes halogenated alkanes) is 2. The van der Waals surface area contributed by atoms with Crippen LogP contribution in [0.3, 0.4) is 0 Å². The summed E-state index contributed by atoms with van der Waals surface area (Å²) < 4.78 is 15.8. The Kier molecular flexibility index (Phi) is 7.93. The molecule has 1 aliphatic rings. The molecule has 0 unspecified atom stereocenters. The number of methoxy groups -OCH3 is 2. The zero-order valence-electron chi connectivity index (χ0n) is 15.0. The van der Waals surface area contributed by atoms with Crippen LogP contribution in [0.25, 0.3) is 0 Å². The van der Waals surface area contributed by atoms with Gasteiger partial charge in [0.25, 0.3) is 0 Å². The zero-order valence-corrected chi connectivity index (χ0v) is 15.0. The number of carbonyl (C=O) groups excluding carboxylic acids is 1. The summed E-state index contributed by atoms with van der Waals surface area (Å²) in [7, 11) is 2.90. The molecule has 0 amide bonds. The van der Waals surface area contributed by atoms with Crippen molar-refractivity contribution in [2.75, 3.05) is 20.8 Å². The molecule has 4 nitrogen and oxygen atoms in total. The average molecular weight is 334 g/mol. The fourth-order valence-corrected chi connectivity index (χ4v) is 3.42. The molecule has 4 heteroatoms. The van der Waals surface area contributed by atoms with E-state index in [9.17, 15) is 4.79 Å². The third-order valence-electron chi connectivity index (χ3n) is 4.83. The molecular formula is C20H30O4. The van der Waals surface area contributed by atoms with Crippen molar-refractivity contribution in [1.29, 1.82) is 0 Å².